The minimum atomic E-state index is -1.46. The molecule has 2 amide bonds. The molecule has 0 saturated carbocycles. The number of hydrogen-bond donors (Lipinski definition) is 2. The van der Waals surface area contributed by atoms with Crippen molar-refractivity contribution in [2.75, 3.05) is 23.4 Å². The van der Waals surface area contributed by atoms with Crippen LogP contribution in [0.5, 0.6) is 5.88 Å². The van der Waals surface area contributed by atoms with E-state index >= 15 is 4.39 Å². The lowest BCUT2D eigenvalue weighted by Crippen LogP contribution is -2.42. The van der Waals surface area contributed by atoms with Gasteiger partial charge in [0.1, 0.15) is 22.9 Å². The first-order valence-corrected chi connectivity index (χ1v) is 15.2. The highest BCUT2D eigenvalue weighted by Crippen LogP contribution is 2.37. The van der Waals surface area contributed by atoms with Gasteiger partial charge in [-0.25, -0.2) is 19.0 Å². The van der Waals surface area contributed by atoms with Crippen LogP contribution in [0.1, 0.15) is 41.3 Å². The van der Waals surface area contributed by atoms with Crippen LogP contribution in [-0.4, -0.2) is 69.9 Å². The molecule has 4 aromatic rings. The van der Waals surface area contributed by atoms with Gasteiger partial charge in [-0.2, -0.15) is 9.49 Å². The van der Waals surface area contributed by atoms with Gasteiger partial charge in [-0.05, 0) is 31.5 Å². The fraction of sp³-hybridized carbons (Fsp3) is 0.303. The maximum atomic E-state index is 15.8. The van der Waals surface area contributed by atoms with E-state index in [1.807, 2.05) is 17.9 Å². The van der Waals surface area contributed by atoms with Gasteiger partial charge < -0.3 is 25.0 Å². The molecule has 4 atom stereocenters. The molecule has 2 aromatic carbocycles. The zero-order valence-electron chi connectivity index (χ0n) is 24.7. The lowest BCUT2D eigenvalue weighted by atomic mass is 10.0. The number of para-hydroxylation sites is 1. The van der Waals surface area contributed by atoms with Gasteiger partial charge in [0.2, 0.25) is 18.0 Å². The second-order valence-electron chi connectivity index (χ2n) is 11.8. The van der Waals surface area contributed by atoms with Crippen LogP contribution in [0.2, 0.25) is 0 Å². The number of aromatic nitrogens is 3. The predicted octanol–water partition coefficient (Wildman–Crippen LogP) is 3.92. The second kappa shape index (κ2) is 11.0. The average molecular weight is 626 g/mol. The minimum absolute atomic E-state index is 0.0147. The van der Waals surface area contributed by atoms with Crippen LogP contribution in [0.25, 0.3) is 11.3 Å². The van der Waals surface area contributed by atoms with E-state index in [2.05, 4.69) is 25.7 Å². The molecule has 2 saturated heterocycles. The number of ether oxygens (including phenoxy) is 2. The summed E-state index contributed by atoms with van der Waals surface area (Å²) in [5.74, 6) is -2.30. The molecule has 0 radical (unpaired) electrons. The number of carbonyl (C=O) groups is 2. The Bertz CT molecular complexity index is 1910. The standard InChI is InChI=1S/C33H29F2N7O4/c1-17-12-13-42-33(46-17)25(28(40-42)22-10-11-24(36-29(22)35)41-15-20-14-19(41)16-45-20)31(43)39-30-32(44)38-27-21(8-5-9-23(27)34)26(37-30)18-6-3-2-4-7-18/h2-11,17,19-20,30H,12-16H2,1H3,(H,38,44)(H,39,43)/t17-,19-,20-,30-/m1/s1. The molecule has 234 valence electrons. The number of benzodiazepines with no additional fused rings is 1. The van der Waals surface area contributed by atoms with E-state index in [1.54, 1.807) is 42.5 Å². The molecule has 4 aliphatic heterocycles. The van der Waals surface area contributed by atoms with E-state index in [-0.39, 0.29) is 46.6 Å². The van der Waals surface area contributed by atoms with Gasteiger partial charge in [0, 0.05) is 30.6 Å². The SMILES string of the molecule is C[C@@H]1CCn2nc(-c3ccc(N4C[C@H]5C[C@@H]4CO5)nc3F)c(C(=O)N[C@H]3N=C(c4ccccc4)c4cccc(F)c4NC3=O)c2O1. The largest absolute Gasteiger partial charge is 0.474 e. The summed E-state index contributed by atoms with van der Waals surface area (Å²) in [6, 6.07) is 16.8. The van der Waals surface area contributed by atoms with Crippen molar-refractivity contribution >= 4 is 29.0 Å². The van der Waals surface area contributed by atoms with Gasteiger partial charge in [0.05, 0.1) is 41.8 Å². The van der Waals surface area contributed by atoms with Crippen LogP contribution >= 0.6 is 0 Å². The number of amides is 2. The first kappa shape index (κ1) is 28.3. The molecule has 11 nitrogen and oxygen atoms in total. The zero-order valence-corrected chi connectivity index (χ0v) is 24.7. The van der Waals surface area contributed by atoms with Crippen LogP contribution in [0.15, 0.2) is 65.7 Å². The molecule has 8 rings (SSSR count). The number of aliphatic imine (C=N–C) groups is 1. The molecule has 2 N–H and O–H groups in total. The number of aryl methyl sites for hydroxylation is 1. The normalized spacial score (nSPS) is 23.2. The van der Waals surface area contributed by atoms with Gasteiger partial charge >= 0.3 is 0 Å². The molecule has 6 heterocycles. The molecule has 0 aliphatic carbocycles. The average Bonchev–Trinajstić information content (AvgIpc) is 3.77. The molecule has 2 aromatic heterocycles. The summed E-state index contributed by atoms with van der Waals surface area (Å²) in [6.45, 7) is 3.51. The number of halogens is 2. The monoisotopic (exact) mass is 625 g/mol. The number of benzene rings is 2. The summed E-state index contributed by atoms with van der Waals surface area (Å²) >= 11 is 0. The van der Waals surface area contributed by atoms with Gasteiger partial charge in [-0.1, -0.05) is 42.5 Å². The molecule has 0 unspecified atom stereocenters. The second-order valence-corrected chi connectivity index (χ2v) is 11.8. The summed E-state index contributed by atoms with van der Waals surface area (Å²) in [5.41, 5.74) is 1.25. The minimum Gasteiger partial charge on any atom is -0.474 e. The number of fused-ring (bicyclic) bond motifs is 4. The van der Waals surface area contributed by atoms with E-state index < -0.39 is 29.7 Å². The summed E-state index contributed by atoms with van der Waals surface area (Å²) in [6.07, 6.45) is -0.0762. The Morgan fingerprint density at radius 1 is 1.07 bits per heavy atom. The number of rotatable bonds is 5. The lowest BCUT2D eigenvalue weighted by Gasteiger charge is -2.27. The van der Waals surface area contributed by atoms with Crippen molar-refractivity contribution in [3.8, 4) is 17.1 Å². The number of hydrogen-bond acceptors (Lipinski definition) is 8. The Labute approximate surface area is 262 Å². The smallest absolute Gasteiger partial charge is 0.269 e. The van der Waals surface area contributed by atoms with Crippen molar-refractivity contribution in [3.63, 3.8) is 0 Å². The van der Waals surface area contributed by atoms with Crippen LogP contribution in [0.4, 0.5) is 20.3 Å². The molecule has 46 heavy (non-hydrogen) atoms. The molecular weight excluding hydrogens is 596 g/mol. The predicted molar refractivity (Wildman–Crippen MR) is 164 cm³/mol. The molecule has 2 fully saturated rings. The number of pyridine rings is 1. The summed E-state index contributed by atoms with van der Waals surface area (Å²) < 4.78 is 44.0. The zero-order chi connectivity index (χ0) is 31.5. The third kappa shape index (κ3) is 4.78. The van der Waals surface area contributed by atoms with E-state index in [0.717, 1.165) is 6.42 Å². The Kier molecular flexibility index (Phi) is 6.78. The first-order chi connectivity index (χ1) is 22.3. The fourth-order valence-corrected chi connectivity index (χ4v) is 6.52. The van der Waals surface area contributed by atoms with Gasteiger partial charge in [-0.3, -0.25) is 9.59 Å². The maximum Gasteiger partial charge on any atom is 0.269 e. The fourth-order valence-electron chi connectivity index (χ4n) is 6.52. The van der Waals surface area contributed by atoms with E-state index in [4.69, 9.17) is 9.47 Å². The number of morpholine rings is 1. The Hall–Kier alpha value is -5.17. The molecule has 13 heteroatoms. The number of nitrogens with one attached hydrogen (secondary N) is 2. The van der Waals surface area contributed by atoms with Crippen LogP contribution < -0.4 is 20.3 Å². The van der Waals surface area contributed by atoms with E-state index in [9.17, 15) is 14.0 Å². The Balaban J connectivity index is 1.17. The first-order valence-electron chi connectivity index (χ1n) is 15.2. The molecule has 0 spiro atoms. The summed E-state index contributed by atoms with van der Waals surface area (Å²) in [4.78, 5) is 38.5. The highest BCUT2D eigenvalue weighted by Gasteiger charge is 2.40. The highest BCUT2D eigenvalue weighted by molar-refractivity contribution is 6.20. The van der Waals surface area contributed by atoms with Crippen LogP contribution in [0, 0.1) is 11.8 Å². The number of anilines is 2. The maximum absolute atomic E-state index is 15.8. The Morgan fingerprint density at radius 3 is 2.67 bits per heavy atom. The number of carbonyl (C=O) groups excluding carboxylic acids is 2. The highest BCUT2D eigenvalue weighted by atomic mass is 19.1. The Morgan fingerprint density at radius 2 is 1.91 bits per heavy atom. The topological polar surface area (TPSA) is 123 Å². The van der Waals surface area contributed by atoms with E-state index in [1.165, 1.54) is 16.8 Å². The van der Waals surface area contributed by atoms with Crippen LogP contribution in [0.3, 0.4) is 0 Å². The van der Waals surface area contributed by atoms with Gasteiger partial charge in [0.25, 0.3) is 11.8 Å². The van der Waals surface area contributed by atoms with Crippen molar-refractivity contribution in [1.29, 1.82) is 0 Å². The van der Waals surface area contributed by atoms with E-state index in [0.29, 0.717) is 48.8 Å². The molecular formula is C33H29F2N7O4. The summed E-state index contributed by atoms with van der Waals surface area (Å²) in [5, 5.41) is 9.83. The molecule has 2 bridgehead atoms. The van der Waals surface area contributed by atoms with Crippen molar-refractivity contribution in [1.82, 2.24) is 20.1 Å². The van der Waals surface area contributed by atoms with Gasteiger partial charge in [-0.15, -0.1) is 0 Å². The van der Waals surface area contributed by atoms with Crippen molar-refractivity contribution in [2.24, 2.45) is 4.99 Å². The lowest BCUT2D eigenvalue weighted by molar-refractivity contribution is -0.117. The summed E-state index contributed by atoms with van der Waals surface area (Å²) in [7, 11) is 0. The van der Waals surface area contributed by atoms with Gasteiger partial charge in [0.15, 0.2) is 0 Å². The molecule has 4 aliphatic rings. The quantitative estimate of drug-likeness (QED) is 0.323. The van der Waals surface area contributed by atoms with Crippen molar-refractivity contribution in [3.05, 3.63) is 89.1 Å². The van der Waals surface area contributed by atoms with Crippen molar-refractivity contribution in [2.45, 2.75) is 50.7 Å². The number of nitrogens with zero attached hydrogens (tertiary/aromatic N) is 5. The van der Waals surface area contributed by atoms with Crippen molar-refractivity contribution < 1.29 is 27.8 Å². The third-order valence-corrected chi connectivity index (χ3v) is 8.82. The third-order valence-electron chi connectivity index (χ3n) is 8.82. The van der Waals surface area contributed by atoms with Crippen LogP contribution in [-0.2, 0) is 16.1 Å².